The Bertz CT molecular complexity index is 490. The van der Waals surface area contributed by atoms with Crippen molar-refractivity contribution < 1.29 is 4.52 Å². The summed E-state index contributed by atoms with van der Waals surface area (Å²) in [6.45, 7) is 4.15. The van der Waals surface area contributed by atoms with Crippen LogP contribution in [0.2, 0.25) is 0 Å². The second-order valence-electron chi connectivity index (χ2n) is 4.27. The van der Waals surface area contributed by atoms with Crippen molar-refractivity contribution in [2.75, 3.05) is 0 Å². The average molecular weight is 235 g/mol. The third-order valence-corrected chi connectivity index (χ3v) is 2.95. The molecule has 2 aromatic heterocycles. The van der Waals surface area contributed by atoms with E-state index in [1.54, 1.807) is 10.9 Å². The van der Waals surface area contributed by atoms with E-state index >= 15 is 0 Å². The smallest absolute Gasteiger partial charge is 0.244 e. The molecule has 0 amide bonds. The minimum absolute atomic E-state index is 0.210. The lowest BCUT2D eigenvalue weighted by Crippen LogP contribution is -2.18. The monoisotopic (exact) mass is 235 g/mol. The van der Waals surface area contributed by atoms with Gasteiger partial charge in [0.1, 0.15) is 0 Å². The largest absolute Gasteiger partial charge is 0.337 e. The molecule has 2 aromatic rings. The maximum atomic E-state index is 6.03. The minimum atomic E-state index is -0.210. The molecule has 0 radical (unpaired) electrons. The topological polar surface area (TPSA) is 82.8 Å². The molecule has 2 heterocycles. The highest BCUT2D eigenvalue weighted by Crippen LogP contribution is 2.22. The van der Waals surface area contributed by atoms with E-state index in [0.717, 1.165) is 12.0 Å². The maximum Gasteiger partial charge on any atom is 0.244 e. The van der Waals surface area contributed by atoms with E-state index in [4.69, 9.17) is 10.3 Å². The van der Waals surface area contributed by atoms with Gasteiger partial charge in [0.2, 0.25) is 11.7 Å². The lowest BCUT2D eigenvalue weighted by Gasteiger charge is -2.12. The molecule has 0 fully saturated rings. The van der Waals surface area contributed by atoms with E-state index < -0.39 is 0 Å². The Hall–Kier alpha value is -1.69. The summed E-state index contributed by atoms with van der Waals surface area (Å²) in [5.74, 6) is 1.34. The SMILES string of the molecule is CCC(C)[C@H](N)c1nc(-c2cnn(C)c2)no1. The summed E-state index contributed by atoms with van der Waals surface area (Å²) in [7, 11) is 1.84. The van der Waals surface area contributed by atoms with Gasteiger partial charge in [-0.3, -0.25) is 4.68 Å². The highest BCUT2D eigenvalue weighted by atomic mass is 16.5. The fourth-order valence-electron chi connectivity index (χ4n) is 1.52. The normalized spacial score (nSPS) is 14.8. The predicted octanol–water partition coefficient (Wildman–Crippen LogP) is 1.52. The summed E-state index contributed by atoms with van der Waals surface area (Å²) < 4.78 is 6.88. The van der Waals surface area contributed by atoms with Crippen LogP contribution < -0.4 is 5.73 Å². The van der Waals surface area contributed by atoms with Gasteiger partial charge >= 0.3 is 0 Å². The number of nitrogens with zero attached hydrogens (tertiary/aromatic N) is 4. The predicted molar refractivity (Wildman–Crippen MR) is 62.9 cm³/mol. The Labute approximate surface area is 99.8 Å². The second kappa shape index (κ2) is 4.67. The molecule has 17 heavy (non-hydrogen) atoms. The van der Waals surface area contributed by atoms with Crippen LogP contribution in [0.1, 0.15) is 32.2 Å². The molecule has 0 aliphatic carbocycles. The summed E-state index contributed by atoms with van der Waals surface area (Å²) in [4.78, 5) is 4.31. The molecule has 92 valence electrons. The van der Waals surface area contributed by atoms with Crippen LogP contribution in [0.25, 0.3) is 11.4 Å². The van der Waals surface area contributed by atoms with Crippen LogP contribution in [0, 0.1) is 5.92 Å². The molecule has 1 unspecified atom stereocenters. The van der Waals surface area contributed by atoms with E-state index in [0.29, 0.717) is 17.6 Å². The molecule has 0 saturated heterocycles. The average Bonchev–Trinajstić information content (AvgIpc) is 2.95. The van der Waals surface area contributed by atoms with Gasteiger partial charge in [0.15, 0.2) is 0 Å². The molecule has 6 heteroatoms. The standard InChI is InChI=1S/C11H17N5O/c1-4-7(2)9(12)11-14-10(15-17-11)8-5-13-16(3)6-8/h5-7,9H,4,12H2,1-3H3/t7?,9-/m0/s1. The third-order valence-electron chi connectivity index (χ3n) is 2.95. The summed E-state index contributed by atoms with van der Waals surface area (Å²) in [6, 6.07) is -0.210. The van der Waals surface area contributed by atoms with Crippen molar-refractivity contribution in [1.82, 2.24) is 19.9 Å². The molecule has 0 spiro atoms. The number of hydrogen-bond acceptors (Lipinski definition) is 5. The number of nitrogens with two attached hydrogens (primary N) is 1. The number of rotatable bonds is 4. The Balaban J connectivity index is 2.21. The molecule has 0 aromatic carbocycles. The molecular formula is C11H17N5O. The van der Waals surface area contributed by atoms with Crippen LogP contribution in [0.3, 0.4) is 0 Å². The third kappa shape index (κ3) is 2.36. The second-order valence-corrected chi connectivity index (χ2v) is 4.27. The van der Waals surface area contributed by atoms with Crippen LogP contribution in [0.4, 0.5) is 0 Å². The first-order valence-corrected chi connectivity index (χ1v) is 5.70. The van der Waals surface area contributed by atoms with Crippen molar-refractivity contribution in [1.29, 1.82) is 0 Å². The molecule has 2 atom stereocenters. The van der Waals surface area contributed by atoms with Crippen LogP contribution in [-0.4, -0.2) is 19.9 Å². The van der Waals surface area contributed by atoms with Crippen molar-refractivity contribution in [2.45, 2.75) is 26.3 Å². The zero-order valence-electron chi connectivity index (χ0n) is 10.3. The summed E-state index contributed by atoms with van der Waals surface area (Å²) in [6.07, 6.45) is 4.51. The van der Waals surface area contributed by atoms with Gasteiger partial charge in [-0.2, -0.15) is 10.1 Å². The van der Waals surface area contributed by atoms with Crippen molar-refractivity contribution in [3.8, 4) is 11.4 Å². The Kier molecular flexibility index (Phi) is 3.23. The van der Waals surface area contributed by atoms with Crippen LogP contribution >= 0.6 is 0 Å². The molecular weight excluding hydrogens is 218 g/mol. The lowest BCUT2D eigenvalue weighted by atomic mass is 10.0. The highest BCUT2D eigenvalue weighted by molar-refractivity contribution is 5.51. The summed E-state index contributed by atoms with van der Waals surface area (Å²) >= 11 is 0. The lowest BCUT2D eigenvalue weighted by molar-refractivity contribution is 0.312. The minimum Gasteiger partial charge on any atom is -0.337 e. The van der Waals surface area contributed by atoms with Crippen molar-refractivity contribution in [2.24, 2.45) is 18.7 Å². The van der Waals surface area contributed by atoms with Crippen molar-refractivity contribution >= 4 is 0 Å². The number of hydrogen-bond donors (Lipinski definition) is 1. The van der Waals surface area contributed by atoms with E-state index in [9.17, 15) is 0 Å². The van der Waals surface area contributed by atoms with Crippen molar-refractivity contribution in [3.63, 3.8) is 0 Å². The zero-order valence-corrected chi connectivity index (χ0v) is 10.3. The van der Waals surface area contributed by atoms with Gasteiger partial charge < -0.3 is 10.3 Å². The van der Waals surface area contributed by atoms with E-state index in [2.05, 4.69) is 29.1 Å². The maximum absolute atomic E-state index is 6.03. The van der Waals surface area contributed by atoms with Gasteiger partial charge in [0.05, 0.1) is 17.8 Å². The van der Waals surface area contributed by atoms with Gasteiger partial charge in [-0.05, 0) is 5.92 Å². The van der Waals surface area contributed by atoms with Gasteiger partial charge in [0, 0.05) is 13.2 Å². The molecule has 0 aliphatic heterocycles. The highest BCUT2D eigenvalue weighted by Gasteiger charge is 2.20. The molecule has 6 nitrogen and oxygen atoms in total. The Morgan fingerprint density at radius 1 is 1.53 bits per heavy atom. The molecule has 0 bridgehead atoms. The first-order valence-electron chi connectivity index (χ1n) is 5.70. The first-order chi connectivity index (χ1) is 8.11. The van der Waals surface area contributed by atoms with E-state index in [1.807, 2.05) is 13.2 Å². The Morgan fingerprint density at radius 2 is 2.29 bits per heavy atom. The van der Waals surface area contributed by atoms with Gasteiger partial charge in [-0.15, -0.1) is 0 Å². The number of aromatic nitrogens is 4. The first kappa shape index (κ1) is 11.8. The van der Waals surface area contributed by atoms with E-state index in [1.165, 1.54) is 0 Å². The Morgan fingerprint density at radius 3 is 2.88 bits per heavy atom. The molecule has 0 aliphatic rings. The van der Waals surface area contributed by atoms with Crippen molar-refractivity contribution in [3.05, 3.63) is 18.3 Å². The quantitative estimate of drug-likeness (QED) is 0.868. The number of aryl methyl sites for hydroxylation is 1. The van der Waals surface area contributed by atoms with Crippen LogP contribution in [-0.2, 0) is 7.05 Å². The fraction of sp³-hybridized carbons (Fsp3) is 0.545. The zero-order chi connectivity index (χ0) is 12.4. The fourth-order valence-corrected chi connectivity index (χ4v) is 1.52. The summed E-state index contributed by atoms with van der Waals surface area (Å²) in [5, 5.41) is 7.98. The summed E-state index contributed by atoms with van der Waals surface area (Å²) in [5.41, 5.74) is 6.86. The van der Waals surface area contributed by atoms with Crippen LogP contribution in [0.5, 0.6) is 0 Å². The van der Waals surface area contributed by atoms with Gasteiger partial charge in [-0.25, -0.2) is 0 Å². The van der Waals surface area contributed by atoms with Crippen LogP contribution in [0.15, 0.2) is 16.9 Å². The van der Waals surface area contributed by atoms with Gasteiger partial charge in [-0.1, -0.05) is 25.4 Å². The molecule has 0 saturated carbocycles. The molecule has 2 N–H and O–H groups in total. The van der Waals surface area contributed by atoms with E-state index in [-0.39, 0.29) is 6.04 Å². The van der Waals surface area contributed by atoms with Gasteiger partial charge in [0.25, 0.3) is 0 Å². The molecule has 2 rings (SSSR count).